The maximum atomic E-state index is 11.4. The molecule has 7 heteroatoms. The van der Waals surface area contributed by atoms with Crippen molar-refractivity contribution in [2.75, 3.05) is 6.61 Å². The van der Waals surface area contributed by atoms with Crippen molar-refractivity contribution in [3.63, 3.8) is 0 Å². The Balaban J connectivity index is 2.34. The van der Waals surface area contributed by atoms with Crippen LogP contribution in [0.1, 0.15) is 0 Å². The smallest absolute Gasteiger partial charge is 0.428 e. The Hall–Kier alpha value is -0.980. The Kier molecular flexibility index (Phi) is 1.90. The molecule has 0 radical (unpaired) electrons. The number of carbonyl (C=O) groups is 1. The lowest BCUT2D eigenvalue weighted by molar-refractivity contribution is -0.365. The van der Waals surface area contributed by atoms with E-state index >= 15 is 0 Å². The van der Waals surface area contributed by atoms with E-state index in [1.54, 1.807) is 0 Å². The van der Waals surface area contributed by atoms with E-state index < -0.39 is 25.4 Å². The van der Waals surface area contributed by atoms with Crippen LogP contribution in [0, 0.1) is 0 Å². The zero-order valence-corrected chi connectivity index (χ0v) is 5.05. The van der Waals surface area contributed by atoms with Crippen molar-refractivity contribution in [1.29, 1.82) is 0 Å². The molecule has 0 saturated carbocycles. The molecular formula is C4H3F3O4. The molecule has 0 amide bonds. The lowest BCUT2D eigenvalue weighted by Crippen LogP contribution is -2.25. The van der Waals surface area contributed by atoms with Crippen molar-refractivity contribution in [3.8, 4) is 0 Å². The van der Waals surface area contributed by atoms with Gasteiger partial charge in [0.25, 0.3) is 0 Å². The van der Waals surface area contributed by atoms with E-state index in [2.05, 4.69) is 14.2 Å². The molecule has 11 heavy (non-hydrogen) atoms. The number of hydrogen-bond acceptors (Lipinski definition) is 4. The van der Waals surface area contributed by atoms with Gasteiger partial charge >= 0.3 is 12.5 Å². The fraction of sp³-hybridized carbons (Fsp3) is 0.750. The summed E-state index contributed by atoms with van der Waals surface area (Å²) in [7, 11) is 0. The van der Waals surface area contributed by atoms with Crippen LogP contribution >= 0.6 is 0 Å². The van der Waals surface area contributed by atoms with E-state index in [0.29, 0.717) is 0 Å². The number of hydrogen-bond donors (Lipinski definition) is 0. The van der Waals surface area contributed by atoms with Crippen molar-refractivity contribution in [2.45, 2.75) is 12.7 Å². The Bertz CT molecular complexity index is 165. The standard InChI is InChI=1S/C4H3F3O4/c5-4(6,7)11-2-1-9-3(8)10-2/h2H,1H2. The molecule has 1 aliphatic rings. The van der Waals surface area contributed by atoms with Gasteiger partial charge in [-0.2, -0.15) is 0 Å². The summed E-state index contributed by atoms with van der Waals surface area (Å²) in [6.07, 6.45) is -7.62. The second kappa shape index (κ2) is 2.57. The minimum atomic E-state index is -4.81. The molecule has 1 atom stereocenters. The predicted molar refractivity (Wildman–Crippen MR) is 23.4 cm³/mol. The molecule has 0 aromatic carbocycles. The third kappa shape index (κ3) is 2.62. The highest BCUT2D eigenvalue weighted by Gasteiger charge is 2.38. The van der Waals surface area contributed by atoms with Crippen molar-refractivity contribution in [2.24, 2.45) is 0 Å². The van der Waals surface area contributed by atoms with Gasteiger partial charge in [-0.15, -0.1) is 13.2 Å². The van der Waals surface area contributed by atoms with Crippen molar-refractivity contribution in [3.05, 3.63) is 0 Å². The second-order valence-electron chi connectivity index (χ2n) is 1.67. The summed E-state index contributed by atoms with van der Waals surface area (Å²) in [6, 6.07) is 0. The van der Waals surface area contributed by atoms with Crippen molar-refractivity contribution in [1.82, 2.24) is 0 Å². The average molecular weight is 172 g/mol. The van der Waals surface area contributed by atoms with Gasteiger partial charge in [-0.25, -0.2) is 9.53 Å². The van der Waals surface area contributed by atoms with Crippen LogP contribution in [-0.2, 0) is 14.2 Å². The maximum Gasteiger partial charge on any atom is 0.525 e. The van der Waals surface area contributed by atoms with E-state index in [9.17, 15) is 18.0 Å². The van der Waals surface area contributed by atoms with Gasteiger partial charge in [0.1, 0.15) is 0 Å². The number of rotatable bonds is 1. The molecule has 1 heterocycles. The number of alkyl halides is 3. The summed E-state index contributed by atoms with van der Waals surface area (Å²) in [5, 5.41) is 0. The van der Waals surface area contributed by atoms with Gasteiger partial charge in [0.15, 0.2) is 6.61 Å². The van der Waals surface area contributed by atoms with Gasteiger partial charge in [-0.3, -0.25) is 0 Å². The summed E-state index contributed by atoms with van der Waals surface area (Å²) >= 11 is 0. The van der Waals surface area contributed by atoms with Crippen LogP contribution in [0.4, 0.5) is 18.0 Å². The maximum absolute atomic E-state index is 11.4. The SMILES string of the molecule is O=C1OCC(OC(F)(F)F)O1. The summed E-state index contributed by atoms with van der Waals surface area (Å²) in [4.78, 5) is 10.0. The van der Waals surface area contributed by atoms with Crippen LogP contribution in [-0.4, -0.2) is 25.4 Å². The van der Waals surface area contributed by atoms with Crippen LogP contribution < -0.4 is 0 Å². The van der Waals surface area contributed by atoms with Crippen molar-refractivity contribution < 1.29 is 32.2 Å². The molecule has 0 aliphatic carbocycles. The largest absolute Gasteiger partial charge is 0.525 e. The van der Waals surface area contributed by atoms with Crippen LogP contribution in [0.2, 0.25) is 0 Å². The number of carbonyl (C=O) groups excluding carboxylic acids is 1. The molecule has 0 bridgehead atoms. The number of ether oxygens (including phenoxy) is 3. The zero-order chi connectivity index (χ0) is 8.48. The van der Waals surface area contributed by atoms with Crippen LogP contribution in [0.3, 0.4) is 0 Å². The predicted octanol–water partition coefficient (Wildman–Crippen LogP) is 1.02. The minimum absolute atomic E-state index is 0.529. The van der Waals surface area contributed by atoms with Gasteiger partial charge in [-0.1, -0.05) is 0 Å². The minimum Gasteiger partial charge on any atom is -0.428 e. The molecule has 0 spiro atoms. The van der Waals surface area contributed by atoms with E-state index in [-0.39, 0.29) is 0 Å². The molecule has 4 nitrogen and oxygen atoms in total. The first-order valence-electron chi connectivity index (χ1n) is 2.55. The van der Waals surface area contributed by atoms with E-state index in [4.69, 9.17) is 0 Å². The zero-order valence-electron chi connectivity index (χ0n) is 5.05. The first-order valence-corrected chi connectivity index (χ1v) is 2.55. The molecule has 1 unspecified atom stereocenters. The van der Waals surface area contributed by atoms with Gasteiger partial charge in [0.2, 0.25) is 6.29 Å². The Morgan fingerprint density at radius 2 is 2.18 bits per heavy atom. The molecule has 1 rings (SSSR count). The summed E-state index contributed by atoms with van der Waals surface area (Å²) in [5.74, 6) is 0. The highest BCUT2D eigenvalue weighted by Crippen LogP contribution is 2.21. The van der Waals surface area contributed by atoms with Gasteiger partial charge in [-0.05, 0) is 0 Å². The molecular weight excluding hydrogens is 169 g/mol. The summed E-state index contributed by atoms with van der Waals surface area (Å²) in [5.41, 5.74) is 0. The summed E-state index contributed by atoms with van der Waals surface area (Å²) in [6.45, 7) is -0.529. The molecule has 1 saturated heterocycles. The second-order valence-corrected chi connectivity index (χ2v) is 1.67. The van der Waals surface area contributed by atoms with Crippen LogP contribution in [0.5, 0.6) is 0 Å². The van der Waals surface area contributed by atoms with E-state index in [1.807, 2.05) is 0 Å². The van der Waals surface area contributed by atoms with Crippen molar-refractivity contribution >= 4 is 6.16 Å². The molecule has 0 aromatic rings. The lowest BCUT2D eigenvalue weighted by atomic mass is 10.7. The first kappa shape index (κ1) is 8.12. The molecule has 0 N–H and O–H groups in total. The van der Waals surface area contributed by atoms with E-state index in [0.717, 1.165) is 0 Å². The number of halogens is 3. The van der Waals surface area contributed by atoms with Gasteiger partial charge in [0, 0.05) is 0 Å². The first-order chi connectivity index (χ1) is 4.97. The lowest BCUT2D eigenvalue weighted by Gasteiger charge is -2.09. The molecule has 64 valence electrons. The monoisotopic (exact) mass is 172 g/mol. The Labute approximate surface area is 58.8 Å². The highest BCUT2D eigenvalue weighted by molar-refractivity contribution is 5.61. The van der Waals surface area contributed by atoms with Gasteiger partial charge < -0.3 is 9.47 Å². The van der Waals surface area contributed by atoms with Crippen LogP contribution in [0.15, 0.2) is 0 Å². The fourth-order valence-corrected chi connectivity index (χ4v) is 0.519. The third-order valence-electron chi connectivity index (χ3n) is 0.830. The molecule has 0 aromatic heterocycles. The Morgan fingerprint density at radius 1 is 1.55 bits per heavy atom. The fourth-order valence-electron chi connectivity index (χ4n) is 0.519. The normalized spacial score (nSPS) is 24.6. The van der Waals surface area contributed by atoms with E-state index in [1.165, 1.54) is 0 Å². The average Bonchev–Trinajstić information content (AvgIpc) is 2.10. The quantitative estimate of drug-likeness (QED) is 0.554. The molecule has 1 fully saturated rings. The van der Waals surface area contributed by atoms with Gasteiger partial charge in [0.05, 0.1) is 0 Å². The molecule has 1 aliphatic heterocycles. The third-order valence-corrected chi connectivity index (χ3v) is 0.830. The Morgan fingerprint density at radius 3 is 2.55 bits per heavy atom. The summed E-state index contributed by atoms with van der Waals surface area (Å²) < 4.78 is 45.4. The number of cyclic esters (lactones) is 2. The topological polar surface area (TPSA) is 44.8 Å². The van der Waals surface area contributed by atoms with Crippen LogP contribution in [0.25, 0.3) is 0 Å². The highest BCUT2D eigenvalue weighted by atomic mass is 19.4.